The molecule has 0 N–H and O–H groups in total. The molecule has 0 radical (unpaired) electrons. The molecule has 2 aromatic rings. The van der Waals surface area contributed by atoms with Crippen molar-refractivity contribution in [3.8, 4) is 0 Å². The number of aromatic nitrogens is 1. The van der Waals surface area contributed by atoms with E-state index in [9.17, 15) is 9.59 Å². The van der Waals surface area contributed by atoms with E-state index in [1.165, 1.54) is 10.6 Å². The minimum Gasteiger partial charge on any atom is -0.306 e. The molecule has 0 amide bonds. The molecule has 3 nitrogen and oxygen atoms in total. The lowest BCUT2D eigenvalue weighted by Crippen LogP contribution is -2.25. The van der Waals surface area contributed by atoms with Crippen LogP contribution in [0.2, 0.25) is 10.0 Å². The molecule has 1 aromatic carbocycles. The number of rotatable bonds is 3. The van der Waals surface area contributed by atoms with Crippen molar-refractivity contribution in [2.45, 2.75) is 13.5 Å². The normalized spacial score (nSPS) is 10.6. The van der Waals surface area contributed by atoms with Crippen molar-refractivity contribution >= 4 is 44.9 Å². The van der Waals surface area contributed by atoms with Gasteiger partial charge >= 0.3 is 0 Å². The zero-order valence-corrected chi connectivity index (χ0v) is 13.6. The molecule has 6 heteroatoms. The predicted molar refractivity (Wildman–Crippen MR) is 83.9 cm³/mol. The van der Waals surface area contributed by atoms with Gasteiger partial charge < -0.3 is 4.57 Å². The van der Waals surface area contributed by atoms with Gasteiger partial charge in [-0.25, -0.2) is 0 Å². The number of carbonyl (C=O) groups excluding carboxylic acids is 1. The first-order valence-corrected chi connectivity index (χ1v) is 7.28. The van der Waals surface area contributed by atoms with E-state index in [1.54, 1.807) is 31.3 Å². The minimum atomic E-state index is -0.205. The maximum absolute atomic E-state index is 12.2. The Morgan fingerprint density at radius 3 is 2.60 bits per heavy atom. The number of hydrogen-bond donors (Lipinski definition) is 0. The Hall–Kier alpha value is -1.10. The molecule has 0 aliphatic rings. The lowest BCUT2D eigenvalue weighted by Gasteiger charge is -2.08. The Balaban J connectivity index is 2.32. The Kier molecular flexibility index (Phi) is 4.68. The molecule has 0 saturated carbocycles. The standard InChI is InChI=1S/C14H10BrCl2NO2/c1-8-4-10(15)6-18(14(8)20)7-13(19)9-2-3-11(16)12(17)5-9/h2-6H,7H2,1H3. The van der Waals surface area contributed by atoms with Crippen LogP contribution in [0, 0.1) is 6.92 Å². The summed E-state index contributed by atoms with van der Waals surface area (Å²) >= 11 is 15.0. The fraction of sp³-hybridized carbons (Fsp3) is 0.143. The van der Waals surface area contributed by atoms with Crippen molar-refractivity contribution in [3.63, 3.8) is 0 Å². The first kappa shape index (κ1) is 15.3. The van der Waals surface area contributed by atoms with Gasteiger partial charge in [-0.05, 0) is 47.1 Å². The summed E-state index contributed by atoms with van der Waals surface area (Å²) in [5, 5.41) is 0.703. The third-order valence-corrected chi connectivity index (χ3v) is 3.96. The molecule has 2 rings (SSSR count). The van der Waals surface area contributed by atoms with Gasteiger partial charge in [-0.15, -0.1) is 0 Å². The van der Waals surface area contributed by atoms with Gasteiger partial charge in [0.15, 0.2) is 5.78 Å². The zero-order valence-electron chi connectivity index (χ0n) is 10.5. The summed E-state index contributed by atoms with van der Waals surface area (Å²) < 4.78 is 2.11. The van der Waals surface area contributed by atoms with Crippen molar-refractivity contribution in [1.82, 2.24) is 4.57 Å². The second-order valence-corrected chi connectivity index (χ2v) is 6.06. The third-order valence-electron chi connectivity index (χ3n) is 2.79. The number of nitrogens with zero attached hydrogens (tertiary/aromatic N) is 1. The molecule has 20 heavy (non-hydrogen) atoms. The first-order chi connectivity index (χ1) is 9.38. The molecule has 0 fully saturated rings. The summed E-state index contributed by atoms with van der Waals surface area (Å²) in [4.78, 5) is 24.1. The number of halogens is 3. The Labute approximate surface area is 134 Å². The number of carbonyl (C=O) groups is 1. The van der Waals surface area contributed by atoms with Gasteiger partial charge in [0.25, 0.3) is 5.56 Å². The molecular weight excluding hydrogens is 365 g/mol. The number of hydrogen-bond acceptors (Lipinski definition) is 2. The number of pyridine rings is 1. The van der Waals surface area contributed by atoms with Crippen molar-refractivity contribution in [1.29, 1.82) is 0 Å². The monoisotopic (exact) mass is 373 g/mol. The van der Waals surface area contributed by atoms with Crippen LogP contribution in [0.3, 0.4) is 0 Å². The number of aryl methyl sites for hydroxylation is 1. The minimum absolute atomic E-state index is 0.0446. The van der Waals surface area contributed by atoms with Crippen molar-refractivity contribution < 1.29 is 4.79 Å². The van der Waals surface area contributed by atoms with Crippen LogP contribution in [0.25, 0.3) is 0 Å². The van der Waals surface area contributed by atoms with Crippen LogP contribution in [-0.2, 0) is 6.54 Å². The van der Waals surface area contributed by atoms with E-state index in [4.69, 9.17) is 23.2 Å². The third kappa shape index (κ3) is 3.32. The summed E-state index contributed by atoms with van der Waals surface area (Å²) in [6, 6.07) is 6.36. The second kappa shape index (κ2) is 6.12. The highest BCUT2D eigenvalue weighted by atomic mass is 79.9. The van der Waals surface area contributed by atoms with Gasteiger partial charge in [-0.2, -0.15) is 0 Å². The van der Waals surface area contributed by atoms with Gasteiger partial charge in [0.1, 0.15) is 0 Å². The molecule has 0 aliphatic heterocycles. The maximum Gasteiger partial charge on any atom is 0.253 e. The summed E-state index contributed by atoms with van der Waals surface area (Å²) in [5.41, 5.74) is 0.798. The van der Waals surface area contributed by atoms with Crippen molar-refractivity contribution in [2.24, 2.45) is 0 Å². The average Bonchev–Trinajstić information content (AvgIpc) is 2.38. The molecule has 0 atom stereocenters. The largest absolute Gasteiger partial charge is 0.306 e. The quantitative estimate of drug-likeness (QED) is 0.758. The summed E-state index contributed by atoms with van der Waals surface area (Å²) in [6.07, 6.45) is 1.59. The summed E-state index contributed by atoms with van der Waals surface area (Å²) in [5.74, 6) is -0.205. The fourth-order valence-electron chi connectivity index (χ4n) is 1.77. The van der Waals surface area contributed by atoms with Gasteiger partial charge in [-0.1, -0.05) is 23.2 Å². The molecule has 1 aromatic heterocycles. The molecule has 1 heterocycles. The van der Waals surface area contributed by atoms with Crippen LogP contribution in [0.15, 0.2) is 39.7 Å². The first-order valence-electron chi connectivity index (χ1n) is 5.73. The molecule has 0 spiro atoms. The van der Waals surface area contributed by atoms with E-state index in [1.807, 2.05) is 0 Å². The van der Waals surface area contributed by atoms with E-state index in [-0.39, 0.29) is 17.9 Å². The van der Waals surface area contributed by atoms with E-state index in [0.29, 0.717) is 21.2 Å². The Bertz CT molecular complexity index is 740. The van der Waals surface area contributed by atoms with Crippen molar-refractivity contribution in [3.05, 3.63) is 66.5 Å². The SMILES string of the molecule is Cc1cc(Br)cn(CC(=O)c2ccc(Cl)c(Cl)c2)c1=O. The molecule has 104 valence electrons. The smallest absolute Gasteiger partial charge is 0.253 e. The highest BCUT2D eigenvalue weighted by molar-refractivity contribution is 9.10. The van der Waals surface area contributed by atoms with Crippen LogP contribution in [0.4, 0.5) is 0 Å². The van der Waals surface area contributed by atoms with Crippen LogP contribution >= 0.6 is 39.1 Å². The van der Waals surface area contributed by atoms with Crippen LogP contribution in [-0.4, -0.2) is 10.4 Å². The zero-order chi connectivity index (χ0) is 14.9. The molecule has 0 aliphatic carbocycles. The van der Waals surface area contributed by atoms with Gasteiger partial charge in [0, 0.05) is 21.8 Å². The van der Waals surface area contributed by atoms with Crippen LogP contribution in [0.1, 0.15) is 15.9 Å². The van der Waals surface area contributed by atoms with Crippen LogP contribution in [0.5, 0.6) is 0 Å². The number of ketones is 1. The van der Waals surface area contributed by atoms with E-state index in [2.05, 4.69) is 15.9 Å². The maximum atomic E-state index is 12.2. The van der Waals surface area contributed by atoms with E-state index >= 15 is 0 Å². The summed E-state index contributed by atoms with van der Waals surface area (Å²) in [6.45, 7) is 1.66. The molecular formula is C14H10BrCl2NO2. The average molecular weight is 375 g/mol. The second-order valence-electron chi connectivity index (χ2n) is 4.33. The lowest BCUT2D eigenvalue weighted by molar-refractivity contribution is 0.0970. The molecule has 0 bridgehead atoms. The lowest BCUT2D eigenvalue weighted by atomic mass is 10.1. The molecule has 0 unspecified atom stereocenters. The summed E-state index contributed by atoms with van der Waals surface area (Å²) in [7, 11) is 0. The van der Waals surface area contributed by atoms with Gasteiger partial charge in [-0.3, -0.25) is 9.59 Å². The Morgan fingerprint density at radius 1 is 1.25 bits per heavy atom. The van der Waals surface area contributed by atoms with Gasteiger partial charge in [0.2, 0.25) is 0 Å². The van der Waals surface area contributed by atoms with Gasteiger partial charge in [0.05, 0.1) is 16.6 Å². The highest BCUT2D eigenvalue weighted by Gasteiger charge is 2.11. The Morgan fingerprint density at radius 2 is 1.95 bits per heavy atom. The predicted octanol–water partition coefficient (Wildman–Crippen LogP) is 4.11. The number of Topliss-reactive ketones (excluding diaryl/α,β-unsaturated/α-hetero) is 1. The van der Waals surface area contributed by atoms with Crippen molar-refractivity contribution in [2.75, 3.05) is 0 Å². The molecule has 0 saturated heterocycles. The van der Waals surface area contributed by atoms with E-state index in [0.717, 1.165) is 4.47 Å². The fourth-order valence-corrected chi connectivity index (χ4v) is 2.66. The topological polar surface area (TPSA) is 39.1 Å². The van der Waals surface area contributed by atoms with E-state index < -0.39 is 0 Å². The number of benzene rings is 1. The highest BCUT2D eigenvalue weighted by Crippen LogP contribution is 2.23. The van der Waals surface area contributed by atoms with Crippen LogP contribution < -0.4 is 5.56 Å².